The first-order valence-electron chi connectivity index (χ1n) is 10.4. The lowest BCUT2D eigenvalue weighted by atomic mass is 9.49. The van der Waals surface area contributed by atoms with E-state index in [2.05, 4.69) is 41.0 Å². The molecule has 3 aliphatic carbocycles. The predicted octanol–water partition coefficient (Wildman–Crippen LogP) is 3.80. The van der Waals surface area contributed by atoms with E-state index in [4.69, 9.17) is 4.98 Å². The van der Waals surface area contributed by atoms with Gasteiger partial charge in [-0.1, -0.05) is 25.5 Å². The minimum atomic E-state index is 0.524. The van der Waals surface area contributed by atoms with Crippen molar-refractivity contribution in [1.82, 2.24) is 14.9 Å². The molecule has 1 saturated carbocycles. The van der Waals surface area contributed by atoms with E-state index in [0.29, 0.717) is 5.41 Å². The van der Waals surface area contributed by atoms with Crippen molar-refractivity contribution in [2.24, 2.45) is 22.2 Å². The average Bonchev–Trinajstić information content (AvgIpc) is 2.68. The van der Waals surface area contributed by atoms with E-state index in [-0.39, 0.29) is 0 Å². The maximum absolute atomic E-state index is 4.88. The Kier molecular flexibility index (Phi) is 4.00. The van der Waals surface area contributed by atoms with Gasteiger partial charge in [0.25, 0.3) is 0 Å². The molecule has 0 aromatic carbocycles. The van der Waals surface area contributed by atoms with Crippen LogP contribution in [-0.2, 0) is 13.0 Å². The highest BCUT2D eigenvalue weighted by Gasteiger charge is 2.51. The molecule has 1 aromatic rings. The fourth-order valence-corrected chi connectivity index (χ4v) is 5.44. The van der Waals surface area contributed by atoms with Gasteiger partial charge in [0.1, 0.15) is 0 Å². The van der Waals surface area contributed by atoms with Crippen molar-refractivity contribution in [2.45, 2.75) is 58.9 Å². The Hall–Kier alpha value is -1.55. The maximum Gasteiger partial charge on any atom is 0.173 e. The summed E-state index contributed by atoms with van der Waals surface area (Å²) in [5.41, 5.74) is 5.90. The van der Waals surface area contributed by atoms with Gasteiger partial charge in [0.2, 0.25) is 0 Å². The molecule has 3 heterocycles. The summed E-state index contributed by atoms with van der Waals surface area (Å²) in [6.45, 7) is 9.12. The standard InChI is InChI=1S/C22H30N4/c1-22(2)17-7-6-15(18(22)11-17)13-26-10-8-19-16(14-26)12-24-21(25-19)20-5-3-4-9-23-20/h6,12,17-18H,3-5,7-11,13-14H2,1-2H3. The summed E-state index contributed by atoms with van der Waals surface area (Å²) in [6.07, 6.45) is 11.8. The number of hydrogen-bond acceptors (Lipinski definition) is 4. The molecule has 1 aromatic heterocycles. The van der Waals surface area contributed by atoms with Gasteiger partial charge in [-0.25, -0.2) is 9.97 Å². The number of nitrogens with zero attached hydrogens (tertiary/aromatic N) is 4. The molecule has 0 radical (unpaired) electrons. The molecule has 6 rings (SSSR count). The molecule has 0 spiro atoms. The normalized spacial score (nSPS) is 30.1. The smallest absolute Gasteiger partial charge is 0.173 e. The predicted molar refractivity (Wildman–Crippen MR) is 104 cm³/mol. The second kappa shape index (κ2) is 6.26. The zero-order valence-corrected chi connectivity index (χ0v) is 16.2. The van der Waals surface area contributed by atoms with Gasteiger partial charge in [-0.05, 0) is 49.4 Å². The summed E-state index contributed by atoms with van der Waals surface area (Å²) in [5.74, 6) is 2.62. The van der Waals surface area contributed by atoms with Crippen molar-refractivity contribution < 1.29 is 0 Å². The van der Waals surface area contributed by atoms with E-state index in [9.17, 15) is 0 Å². The van der Waals surface area contributed by atoms with Gasteiger partial charge < -0.3 is 0 Å². The zero-order valence-electron chi connectivity index (χ0n) is 16.2. The van der Waals surface area contributed by atoms with Crippen molar-refractivity contribution in [3.05, 3.63) is 34.9 Å². The van der Waals surface area contributed by atoms with E-state index in [0.717, 1.165) is 62.4 Å². The SMILES string of the molecule is CC1(C)C2CC=C(CN3CCc4nc(C5=NCCCC5)ncc4C3)C1C2. The molecule has 26 heavy (non-hydrogen) atoms. The molecule has 2 unspecified atom stereocenters. The largest absolute Gasteiger partial charge is 0.295 e. The van der Waals surface area contributed by atoms with Gasteiger partial charge in [-0.15, -0.1) is 0 Å². The van der Waals surface area contributed by atoms with Crippen molar-refractivity contribution in [1.29, 1.82) is 0 Å². The van der Waals surface area contributed by atoms with Crippen molar-refractivity contribution in [3.63, 3.8) is 0 Å². The molecular weight excluding hydrogens is 320 g/mol. The number of hydrogen-bond donors (Lipinski definition) is 0. The Morgan fingerprint density at radius 3 is 2.92 bits per heavy atom. The van der Waals surface area contributed by atoms with Crippen molar-refractivity contribution in [2.75, 3.05) is 19.6 Å². The summed E-state index contributed by atoms with van der Waals surface area (Å²) in [4.78, 5) is 16.8. The summed E-state index contributed by atoms with van der Waals surface area (Å²) < 4.78 is 0. The number of aromatic nitrogens is 2. The van der Waals surface area contributed by atoms with Crippen molar-refractivity contribution in [3.8, 4) is 0 Å². The van der Waals surface area contributed by atoms with Crippen LogP contribution in [0.2, 0.25) is 0 Å². The van der Waals surface area contributed by atoms with Crippen LogP contribution in [-0.4, -0.2) is 40.2 Å². The molecule has 2 bridgehead atoms. The van der Waals surface area contributed by atoms with Crippen LogP contribution in [0.5, 0.6) is 0 Å². The van der Waals surface area contributed by atoms with Crippen LogP contribution in [0.25, 0.3) is 0 Å². The van der Waals surface area contributed by atoms with Crippen LogP contribution in [0, 0.1) is 17.3 Å². The first-order valence-corrected chi connectivity index (χ1v) is 10.4. The zero-order chi connectivity index (χ0) is 17.7. The topological polar surface area (TPSA) is 41.4 Å². The highest BCUT2D eigenvalue weighted by molar-refractivity contribution is 5.97. The molecule has 2 aliphatic heterocycles. The fourth-order valence-electron chi connectivity index (χ4n) is 5.44. The monoisotopic (exact) mass is 350 g/mol. The average molecular weight is 351 g/mol. The van der Waals surface area contributed by atoms with E-state index >= 15 is 0 Å². The molecular formula is C22H30N4. The molecule has 4 heteroatoms. The summed E-state index contributed by atoms with van der Waals surface area (Å²) in [7, 11) is 0. The van der Waals surface area contributed by atoms with Crippen molar-refractivity contribution >= 4 is 5.71 Å². The maximum atomic E-state index is 4.88. The number of rotatable bonds is 3. The molecule has 2 atom stereocenters. The number of fused-ring (bicyclic) bond motifs is 2. The van der Waals surface area contributed by atoms with Crippen LogP contribution in [0.4, 0.5) is 0 Å². The van der Waals surface area contributed by atoms with Crippen LogP contribution >= 0.6 is 0 Å². The van der Waals surface area contributed by atoms with Crippen LogP contribution in [0.3, 0.4) is 0 Å². The Labute approximate surface area is 156 Å². The molecule has 1 fully saturated rings. The molecule has 5 aliphatic rings. The van der Waals surface area contributed by atoms with Gasteiger partial charge in [0.15, 0.2) is 5.82 Å². The highest BCUT2D eigenvalue weighted by Crippen LogP contribution is 2.59. The van der Waals surface area contributed by atoms with E-state index in [1.807, 2.05) is 0 Å². The van der Waals surface area contributed by atoms with Crippen LogP contribution in [0.1, 0.15) is 63.0 Å². The number of allylic oxidation sites excluding steroid dienone is 1. The molecule has 4 nitrogen and oxygen atoms in total. The molecule has 0 N–H and O–H groups in total. The van der Waals surface area contributed by atoms with Gasteiger partial charge in [-0.3, -0.25) is 9.89 Å². The first kappa shape index (κ1) is 16.6. The Bertz CT molecular complexity index is 776. The van der Waals surface area contributed by atoms with E-state index in [1.165, 1.54) is 36.9 Å². The third kappa shape index (κ3) is 2.74. The van der Waals surface area contributed by atoms with Gasteiger partial charge >= 0.3 is 0 Å². The van der Waals surface area contributed by atoms with Gasteiger partial charge in [0.05, 0.1) is 11.4 Å². The van der Waals surface area contributed by atoms with Gasteiger partial charge in [0, 0.05) is 44.4 Å². The molecule has 0 amide bonds. The minimum Gasteiger partial charge on any atom is -0.295 e. The lowest BCUT2D eigenvalue weighted by molar-refractivity contribution is -0.0110. The molecule has 138 valence electrons. The summed E-state index contributed by atoms with van der Waals surface area (Å²) >= 11 is 0. The third-order valence-corrected chi connectivity index (χ3v) is 7.38. The lowest BCUT2D eigenvalue weighted by Crippen LogP contribution is -2.50. The van der Waals surface area contributed by atoms with Crippen LogP contribution in [0.15, 0.2) is 22.8 Å². The lowest BCUT2D eigenvalue weighted by Gasteiger charge is -2.57. The van der Waals surface area contributed by atoms with Crippen LogP contribution < -0.4 is 0 Å². The minimum absolute atomic E-state index is 0.524. The Balaban J connectivity index is 1.29. The quantitative estimate of drug-likeness (QED) is 0.779. The first-order chi connectivity index (χ1) is 12.6. The summed E-state index contributed by atoms with van der Waals surface area (Å²) in [6, 6.07) is 0. The van der Waals surface area contributed by atoms with E-state index in [1.54, 1.807) is 5.57 Å². The second-order valence-electron chi connectivity index (χ2n) is 9.23. The Morgan fingerprint density at radius 1 is 1.23 bits per heavy atom. The molecule has 0 saturated heterocycles. The van der Waals surface area contributed by atoms with E-state index < -0.39 is 0 Å². The summed E-state index contributed by atoms with van der Waals surface area (Å²) in [5, 5.41) is 0. The third-order valence-electron chi connectivity index (χ3n) is 7.38. The fraction of sp³-hybridized carbons (Fsp3) is 0.682. The number of aliphatic imine (C=N–C) groups is 1. The highest BCUT2D eigenvalue weighted by atomic mass is 15.1. The Morgan fingerprint density at radius 2 is 2.15 bits per heavy atom. The van der Waals surface area contributed by atoms with Gasteiger partial charge in [-0.2, -0.15) is 0 Å². The second-order valence-corrected chi connectivity index (χ2v) is 9.23.